The summed E-state index contributed by atoms with van der Waals surface area (Å²) in [5.74, 6) is -1.54. The molecule has 29 heavy (non-hydrogen) atoms. The van der Waals surface area contributed by atoms with Gasteiger partial charge in [0.15, 0.2) is 17.5 Å². The van der Waals surface area contributed by atoms with Crippen LogP contribution in [-0.4, -0.2) is 35.9 Å². The number of nitrogen functional groups attached to an aromatic ring is 1. The highest BCUT2D eigenvalue weighted by Crippen LogP contribution is 2.34. The lowest BCUT2D eigenvalue weighted by Gasteiger charge is -2.16. The first-order chi connectivity index (χ1) is 13.8. The molecule has 1 aromatic carbocycles. The van der Waals surface area contributed by atoms with E-state index in [0.717, 1.165) is 6.42 Å². The van der Waals surface area contributed by atoms with Crippen LogP contribution < -0.4 is 16.0 Å². The van der Waals surface area contributed by atoms with Gasteiger partial charge in [0.05, 0.1) is 10.7 Å². The van der Waals surface area contributed by atoms with Gasteiger partial charge in [-0.1, -0.05) is 40.9 Å². The van der Waals surface area contributed by atoms with Crippen LogP contribution in [0.1, 0.15) is 23.3 Å². The fourth-order valence-electron chi connectivity index (χ4n) is 2.74. The number of carbonyl (C=O) groups is 3. The molecule has 2 amide bonds. The van der Waals surface area contributed by atoms with Gasteiger partial charge < -0.3 is 20.7 Å². The second-order valence-electron chi connectivity index (χ2n) is 6.12. The van der Waals surface area contributed by atoms with Crippen molar-refractivity contribution in [2.45, 2.75) is 12.8 Å². The number of aromatic nitrogens is 1. The molecule has 2 aromatic rings. The Balaban J connectivity index is 1.62. The number of amides is 2. The highest BCUT2D eigenvalue weighted by molar-refractivity contribution is 6.46. The van der Waals surface area contributed by atoms with Gasteiger partial charge in [0.25, 0.3) is 5.91 Å². The zero-order valence-electron chi connectivity index (χ0n) is 14.9. The van der Waals surface area contributed by atoms with E-state index in [2.05, 4.69) is 10.3 Å². The number of pyridine rings is 1. The van der Waals surface area contributed by atoms with E-state index in [0.29, 0.717) is 24.3 Å². The number of nitrogens with two attached hydrogens (primary N) is 1. The molecular weight excluding hydrogens is 443 g/mol. The molecule has 152 valence electrons. The Morgan fingerprint density at radius 2 is 2.00 bits per heavy atom. The molecule has 0 aliphatic carbocycles. The molecule has 1 fully saturated rings. The normalized spacial score (nSPS) is 13.5. The summed E-state index contributed by atoms with van der Waals surface area (Å²) in [6, 6.07) is 6.81. The van der Waals surface area contributed by atoms with Crippen molar-refractivity contribution < 1.29 is 19.1 Å². The summed E-state index contributed by atoms with van der Waals surface area (Å²) in [6.07, 6.45) is 1.30. The number of nitrogens with one attached hydrogen (secondary N) is 1. The van der Waals surface area contributed by atoms with Crippen LogP contribution in [0.15, 0.2) is 24.3 Å². The number of nitrogens with zero attached hydrogens (tertiary/aromatic N) is 2. The zero-order chi connectivity index (χ0) is 21.1. The van der Waals surface area contributed by atoms with E-state index in [9.17, 15) is 14.4 Å². The molecule has 11 heteroatoms. The summed E-state index contributed by atoms with van der Waals surface area (Å²) < 4.78 is 4.92. The second-order valence-corrected chi connectivity index (χ2v) is 7.23. The van der Waals surface area contributed by atoms with Crippen molar-refractivity contribution in [3.63, 3.8) is 0 Å². The Morgan fingerprint density at radius 3 is 2.69 bits per heavy atom. The van der Waals surface area contributed by atoms with Crippen molar-refractivity contribution in [1.29, 1.82) is 0 Å². The lowest BCUT2D eigenvalue weighted by atomic mass is 10.2. The highest BCUT2D eigenvalue weighted by atomic mass is 35.5. The standard InChI is InChI=1S/C18H15Cl3N4O4/c19-13-15(22)14(20)17(21)24-16(13)18(28)29-8-11(26)23-9-3-1-4-10(7-9)25-6-2-5-12(25)27/h1,3-4,7H,2,5-6,8H2,(H2,22,24)(H,23,26). The third-order valence-corrected chi connectivity index (χ3v) is 5.25. The predicted octanol–water partition coefficient (Wildman–Crippen LogP) is 3.55. The SMILES string of the molecule is Nc1c(Cl)c(Cl)nc(C(=O)OCC(=O)Nc2cccc(N3CCCC3=O)c2)c1Cl. The molecule has 1 saturated heterocycles. The molecule has 2 heterocycles. The van der Waals surface area contributed by atoms with Crippen molar-refractivity contribution in [1.82, 2.24) is 4.98 Å². The number of carbonyl (C=O) groups excluding carboxylic acids is 3. The maximum absolute atomic E-state index is 12.2. The fourth-order valence-corrected chi connectivity index (χ4v) is 3.32. The number of rotatable bonds is 5. The van der Waals surface area contributed by atoms with Gasteiger partial charge in [0, 0.05) is 24.3 Å². The number of ether oxygens (including phenoxy) is 1. The lowest BCUT2D eigenvalue weighted by Crippen LogP contribution is -2.24. The Kier molecular flexibility index (Phi) is 6.46. The average molecular weight is 458 g/mol. The van der Waals surface area contributed by atoms with Gasteiger partial charge in [-0.05, 0) is 24.6 Å². The summed E-state index contributed by atoms with van der Waals surface area (Å²) in [5, 5.41) is 2.09. The van der Waals surface area contributed by atoms with E-state index in [1.165, 1.54) is 0 Å². The van der Waals surface area contributed by atoms with Gasteiger partial charge in [0.1, 0.15) is 5.02 Å². The van der Waals surface area contributed by atoms with E-state index >= 15 is 0 Å². The van der Waals surface area contributed by atoms with Crippen LogP contribution in [0.5, 0.6) is 0 Å². The molecule has 1 aliphatic heterocycles. The zero-order valence-corrected chi connectivity index (χ0v) is 17.1. The Labute approximate surface area is 180 Å². The third kappa shape index (κ3) is 4.72. The molecule has 3 rings (SSSR count). The van der Waals surface area contributed by atoms with Crippen molar-refractivity contribution in [3.05, 3.63) is 45.2 Å². The molecule has 0 saturated carbocycles. The minimum absolute atomic E-state index is 0.0349. The first kappa shape index (κ1) is 21.2. The van der Waals surface area contributed by atoms with Crippen LogP contribution in [0.3, 0.4) is 0 Å². The number of benzene rings is 1. The summed E-state index contributed by atoms with van der Waals surface area (Å²) in [6.45, 7) is 0.0399. The van der Waals surface area contributed by atoms with Crippen LogP contribution in [0.4, 0.5) is 17.1 Å². The molecule has 0 bridgehead atoms. The smallest absolute Gasteiger partial charge is 0.359 e. The largest absolute Gasteiger partial charge is 0.451 e. The van der Waals surface area contributed by atoms with Crippen molar-refractivity contribution in [2.24, 2.45) is 0 Å². The first-order valence-corrected chi connectivity index (χ1v) is 9.58. The molecule has 1 aromatic heterocycles. The molecule has 3 N–H and O–H groups in total. The highest BCUT2D eigenvalue weighted by Gasteiger charge is 2.23. The molecule has 0 radical (unpaired) electrons. The van der Waals surface area contributed by atoms with Crippen LogP contribution >= 0.6 is 34.8 Å². The van der Waals surface area contributed by atoms with Crippen LogP contribution in [0.2, 0.25) is 15.2 Å². The van der Waals surface area contributed by atoms with Gasteiger partial charge in [0.2, 0.25) is 5.91 Å². The van der Waals surface area contributed by atoms with E-state index < -0.39 is 18.5 Å². The van der Waals surface area contributed by atoms with Gasteiger partial charge in [-0.15, -0.1) is 0 Å². The third-order valence-electron chi connectivity index (χ3n) is 4.11. The minimum Gasteiger partial charge on any atom is -0.451 e. The number of hydrogen-bond donors (Lipinski definition) is 2. The summed E-state index contributed by atoms with van der Waals surface area (Å²) in [5.41, 5.74) is 6.33. The van der Waals surface area contributed by atoms with Gasteiger partial charge >= 0.3 is 5.97 Å². The monoisotopic (exact) mass is 456 g/mol. The van der Waals surface area contributed by atoms with Gasteiger partial charge in [-0.3, -0.25) is 9.59 Å². The molecule has 0 unspecified atom stereocenters. The number of halogens is 3. The van der Waals surface area contributed by atoms with E-state index in [1.54, 1.807) is 29.2 Å². The average Bonchev–Trinajstić information content (AvgIpc) is 3.13. The van der Waals surface area contributed by atoms with E-state index in [-0.39, 0.29) is 32.5 Å². The maximum atomic E-state index is 12.2. The fraction of sp³-hybridized carbons (Fsp3) is 0.222. The lowest BCUT2D eigenvalue weighted by molar-refractivity contribution is -0.119. The van der Waals surface area contributed by atoms with Crippen molar-refractivity contribution in [3.8, 4) is 0 Å². The second kappa shape index (κ2) is 8.86. The van der Waals surface area contributed by atoms with Gasteiger partial charge in [-0.2, -0.15) is 0 Å². The number of anilines is 3. The number of esters is 1. The van der Waals surface area contributed by atoms with Crippen LogP contribution in [0, 0.1) is 0 Å². The number of hydrogen-bond acceptors (Lipinski definition) is 6. The molecule has 1 aliphatic rings. The molecule has 8 nitrogen and oxygen atoms in total. The molecular formula is C18H15Cl3N4O4. The summed E-state index contributed by atoms with van der Waals surface area (Å²) in [7, 11) is 0. The minimum atomic E-state index is -0.980. The van der Waals surface area contributed by atoms with Crippen molar-refractivity contribution >= 4 is 69.6 Å². The summed E-state index contributed by atoms with van der Waals surface area (Å²) >= 11 is 17.5. The quantitative estimate of drug-likeness (QED) is 0.524. The molecule has 0 spiro atoms. The van der Waals surface area contributed by atoms with E-state index in [1.807, 2.05) is 0 Å². The maximum Gasteiger partial charge on any atom is 0.359 e. The molecule has 0 atom stereocenters. The first-order valence-electron chi connectivity index (χ1n) is 8.45. The van der Waals surface area contributed by atoms with Crippen LogP contribution in [0.25, 0.3) is 0 Å². The predicted molar refractivity (Wildman–Crippen MR) is 111 cm³/mol. The summed E-state index contributed by atoms with van der Waals surface area (Å²) in [4.78, 5) is 41.5. The Morgan fingerprint density at radius 1 is 1.24 bits per heavy atom. The Bertz CT molecular complexity index is 999. The Hall–Kier alpha value is -2.55. The topological polar surface area (TPSA) is 115 Å². The van der Waals surface area contributed by atoms with E-state index in [4.69, 9.17) is 45.3 Å². The van der Waals surface area contributed by atoms with Crippen LogP contribution in [-0.2, 0) is 14.3 Å². The van der Waals surface area contributed by atoms with Gasteiger partial charge in [-0.25, -0.2) is 9.78 Å². The van der Waals surface area contributed by atoms with Crippen molar-refractivity contribution in [2.75, 3.05) is 29.1 Å².